The van der Waals surface area contributed by atoms with Crippen LogP contribution in [-0.4, -0.2) is 33.8 Å². The van der Waals surface area contributed by atoms with E-state index in [1.807, 2.05) is 31.2 Å². The van der Waals surface area contributed by atoms with Gasteiger partial charge in [-0.2, -0.15) is 9.29 Å². The number of rotatable bonds is 7. The number of hydrogen-bond donors (Lipinski definition) is 0. The number of nitrogens with zero attached hydrogens (tertiary/aromatic N) is 4. The Morgan fingerprint density at radius 2 is 1.84 bits per heavy atom. The standard InChI is InChI=1S/C22H24N4O5S/c1-16-10-12-17(13-11-16)22-23-21(31-24-22)15-25(18-6-3-2-4-7-18)32(29,30)20-9-5-8-19(14-20)26(27)28/h5,8-14,18H,2-4,6-7,15H2,1H3. The molecule has 0 saturated heterocycles. The zero-order valence-electron chi connectivity index (χ0n) is 17.7. The SMILES string of the molecule is Cc1ccc(-c2noc(CN(C3CCCCC3)S(=O)(=O)c3cccc([N+](=O)[O-])c3)n2)cc1. The average Bonchev–Trinajstić information content (AvgIpc) is 3.27. The van der Waals surface area contributed by atoms with Crippen molar-refractivity contribution in [3.8, 4) is 11.4 Å². The van der Waals surface area contributed by atoms with Gasteiger partial charge in [-0.05, 0) is 25.8 Å². The molecule has 1 aliphatic carbocycles. The number of aromatic nitrogens is 2. The lowest BCUT2D eigenvalue weighted by molar-refractivity contribution is -0.385. The highest BCUT2D eigenvalue weighted by atomic mass is 32.2. The molecule has 1 heterocycles. The summed E-state index contributed by atoms with van der Waals surface area (Å²) < 4.78 is 33.8. The topological polar surface area (TPSA) is 119 Å². The molecule has 0 atom stereocenters. The molecule has 32 heavy (non-hydrogen) atoms. The molecule has 0 unspecified atom stereocenters. The first-order valence-corrected chi connectivity index (χ1v) is 11.9. The summed E-state index contributed by atoms with van der Waals surface area (Å²) >= 11 is 0. The monoisotopic (exact) mass is 456 g/mol. The zero-order chi connectivity index (χ0) is 22.7. The van der Waals surface area contributed by atoms with Gasteiger partial charge >= 0.3 is 0 Å². The van der Waals surface area contributed by atoms with Gasteiger partial charge in [0.05, 0.1) is 16.4 Å². The van der Waals surface area contributed by atoms with E-state index in [4.69, 9.17) is 4.52 Å². The van der Waals surface area contributed by atoms with Crippen LogP contribution in [0.3, 0.4) is 0 Å². The molecular weight excluding hydrogens is 432 g/mol. The minimum Gasteiger partial charge on any atom is -0.338 e. The van der Waals surface area contributed by atoms with Crippen LogP contribution in [0.25, 0.3) is 11.4 Å². The van der Waals surface area contributed by atoms with Crippen LogP contribution >= 0.6 is 0 Å². The molecule has 0 bridgehead atoms. The zero-order valence-corrected chi connectivity index (χ0v) is 18.5. The van der Waals surface area contributed by atoms with E-state index in [1.54, 1.807) is 0 Å². The molecule has 0 N–H and O–H groups in total. The van der Waals surface area contributed by atoms with Crippen LogP contribution in [0.5, 0.6) is 0 Å². The summed E-state index contributed by atoms with van der Waals surface area (Å²) in [6.07, 6.45) is 4.33. The van der Waals surface area contributed by atoms with E-state index in [2.05, 4.69) is 10.1 Å². The Morgan fingerprint density at radius 3 is 2.53 bits per heavy atom. The summed E-state index contributed by atoms with van der Waals surface area (Å²) in [4.78, 5) is 14.9. The van der Waals surface area contributed by atoms with Crippen LogP contribution in [0.2, 0.25) is 0 Å². The normalized spacial score (nSPS) is 15.2. The van der Waals surface area contributed by atoms with Gasteiger partial charge in [-0.1, -0.05) is 60.3 Å². The van der Waals surface area contributed by atoms with Gasteiger partial charge in [0.2, 0.25) is 21.7 Å². The summed E-state index contributed by atoms with van der Waals surface area (Å²) in [7, 11) is -4.01. The van der Waals surface area contributed by atoms with Gasteiger partial charge in [-0.3, -0.25) is 10.1 Å². The quantitative estimate of drug-likeness (QED) is 0.380. The molecule has 1 saturated carbocycles. The predicted molar refractivity (Wildman–Crippen MR) is 117 cm³/mol. The molecule has 4 rings (SSSR count). The molecule has 1 fully saturated rings. The van der Waals surface area contributed by atoms with Crippen molar-refractivity contribution >= 4 is 15.7 Å². The summed E-state index contributed by atoms with van der Waals surface area (Å²) in [5, 5.41) is 15.2. The minimum absolute atomic E-state index is 0.0887. The van der Waals surface area contributed by atoms with E-state index in [0.717, 1.165) is 36.5 Å². The van der Waals surface area contributed by atoms with Crippen molar-refractivity contribution in [1.29, 1.82) is 0 Å². The molecule has 10 heteroatoms. The number of non-ortho nitro benzene ring substituents is 1. The van der Waals surface area contributed by atoms with E-state index >= 15 is 0 Å². The van der Waals surface area contributed by atoms with Crippen LogP contribution in [0.1, 0.15) is 43.6 Å². The number of sulfonamides is 1. The molecule has 0 spiro atoms. The van der Waals surface area contributed by atoms with Gasteiger partial charge in [0.15, 0.2) is 0 Å². The smallest absolute Gasteiger partial charge is 0.270 e. The molecule has 3 aromatic rings. The fraction of sp³-hybridized carbons (Fsp3) is 0.364. The summed E-state index contributed by atoms with van der Waals surface area (Å²) in [6, 6.07) is 12.5. The number of benzene rings is 2. The Kier molecular flexibility index (Phi) is 6.33. The first kappa shape index (κ1) is 22.1. The van der Waals surface area contributed by atoms with Crippen molar-refractivity contribution in [2.24, 2.45) is 0 Å². The van der Waals surface area contributed by atoms with Gasteiger partial charge in [0.25, 0.3) is 5.69 Å². The van der Waals surface area contributed by atoms with E-state index in [9.17, 15) is 18.5 Å². The maximum Gasteiger partial charge on any atom is 0.270 e. The fourth-order valence-corrected chi connectivity index (χ4v) is 5.62. The number of aryl methyl sites for hydroxylation is 1. The maximum absolute atomic E-state index is 13.5. The lowest BCUT2D eigenvalue weighted by Gasteiger charge is -2.32. The van der Waals surface area contributed by atoms with Crippen LogP contribution in [-0.2, 0) is 16.6 Å². The highest BCUT2D eigenvalue weighted by Crippen LogP contribution is 2.30. The third kappa shape index (κ3) is 4.71. The number of hydrogen-bond acceptors (Lipinski definition) is 7. The summed E-state index contributed by atoms with van der Waals surface area (Å²) in [6.45, 7) is 1.89. The Hall–Kier alpha value is -3.11. The average molecular weight is 457 g/mol. The fourth-order valence-electron chi connectivity index (χ4n) is 3.94. The van der Waals surface area contributed by atoms with E-state index in [1.165, 1.54) is 22.5 Å². The molecule has 0 amide bonds. The van der Waals surface area contributed by atoms with Crippen molar-refractivity contribution in [1.82, 2.24) is 14.4 Å². The number of nitro groups is 1. The third-order valence-electron chi connectivity index (χ3n) is 5.69. The van der Waals surface area contributed by atoms with Crippen molar-refractivity contribution in [3.05, 3.63) is 70.1 Å². The highest BCUT2D eigenvalue weighted by molar-refractivity contribution is 7.89. The van der Waals surface area contributed by atoms with Crippen LogP contribution < -0.4 is 0 Å². The molecule has 1 aliphatic rings. The molecule has 0 aliphatic heterocycles. The van der Waals surface area contributed by atoms with Crippen molar-refractivity contribution < 1.29 is 17.9 Å². The van der Waals surface area contributed by atoms with Crippen LogP contribution in [0, 0.1) is 17.0 Å². The maximum atomic E-state index is 13.5. The van der Waals surface area contributed by atoms with Crippen molar-refractivity contribution in [2.75, 3.05) is 0 Å². The number of nitro benzene ring substituents is 1. The first-order valence-electron chi connectivity index (χ1n) is 10.5. The molecule has 1 aromatic heterocycles. The van der Waals surface area contributed by atoms with Crippen molar-refractivity contribution in [3.63, 3.8) is 0 Å². The summed E-state index contributed by atoms with van der Waals surface area (Å²) in [5.74, 6) is 0.566. The largest absolute Gasteiger partial charge is 0.338 e. The Bertz CT molecular complexity index is 1200. The Balaban J connectivity index is 1.66. The van der Waals surface area contributed by atoms with Crippen LogP contribution in [0.4, 0.5) is 5.69 Å². The minimum atomic E-state index is -4.01. The second kappa shape index (κ2) is 9.17. The van der Waals surface area contributed by atoms with Crippen LogP contribution in [0.15, 0.2) is 57.9 Å². The van der Waals surface area contributed by atoms with Gasteiger partial charge in [0, 0.05) is 23.7 Å². The molecular formula is C22H24N4O5S. The van der Waals surface area contributed by atoms with Crippen molar-refractivity contribution in [2.45, 2.75) is 56.5 Å². The first-order chi connectivity index (χ1) is 15.3. The van der Waals surface area contributed by atoms with Gasteiger partial charge < -0.3 is 4.52 Å². The molecule has 2 aromatic carbocycles. The second-order valence-corrected chi connectivity index (χ2v) is 9.86. The van der Waals surface area contributed by atoms with Gasteiger partial charge in [0.1, 0.15) is 0 Å². The highest BCUT2D eigenvalue weighted by Gasteiger charge is 2.34. The lowest BCUT2D eigenvalue weighted by Crippen LogP contribution is -2.41. The molecule has 168 valence electrons. The Morgan fingerprint density at radius 1 is 1.12 bits per heavy atom. The third-order valence-corrected chi connectivity index (χ3v) is 7.58. The van der Waals surface area contributed by atoms with E-state index in [-0.39, 0.29) is 29.1 Å². The molecule has 9 nitrogen and oxygen atoms in total. The molecule has 0 radical (unpaired) electrons. The van der Waals surface area contributed by atoms with E-state index in [0.29, 0.717) is 18.7 Å². The Labute approximate surface area is 186 Å². The van der Waals surface area contributed by atoms with Gasteiger partial charge in [-0.25, -0.2) is 8.42 Å². The lowest BCUT2D eigenvalue weighted by atomic mass is 9.95. The van der Waals surface area contributed by atoms with E-state index < -0.39 is 14.9 Å². The van der Waals surface area contributed by atoms with Gasteiger partial charge in [-0.15, -0.1) is 0 Å². The predicted octanol–water partition coefficient (Wildman–Crippen LogP) is 4.48. The second-order valence-electron chi connectivity index (χ2n) is 7.97. The summed E-state index contributed by atoms with van der Waals surface area (Å²) in [5.41, 5.74) is 1.61.